The number of hydrogen-bond acceptors (Lipinski definition) is 2. The highest BCUT2D eigenvalue weighted by Gasteiger charge is 2.17. The molecule has 0 saturated heterocycles. The van der Waals surface area contributed by atoms with Gasteiger partial charge in [-0.3, -0.25) is 4.79 Å². The van der Waals surface area contributed by atoms with E-state index in [0.29, 0.717) is 13.0 Å². The molecule has 19 heavy (non-hydrogen) atoms. The average molecular weight is 328 g/mol. The maximum atomic E-state index is 12.1. The summed E-state index contributed by atoms with van der Waals surface area (Å²) in [6.45, 7) is 4.28. The zero-order valence-electron chi connectivity index (χ0n) is 11.5. The molecule has 1 aromatic carbocycles. The molecule has 0 radical (unpaired) electrons. The van der Waals surface area contributed by atoms with Gasteiger partial charge in [0.05, 0.1) is 6.10 Å². The van der Waals surface area contributed by atoms with Gasteiger partial charge in [0.2, 0.25) is 5.91 Å². The Bertz CT molecular complexity index is 407. The van der Waals surface area contributed by atoms with Crippen LogP contribution in [-0.4, -0.2) is 23.7 Å². The molecule has 0 spiro atoms. The first kappa shape index (κ1) is 16.2. The molecule has 1 rings (SSSR count). The summed E-state index contributed by atoms with van der Waals surface area (Å²) in [6, 6.07) is 7.98. The van der Waals surface area contributed by atoms with E-state index in [1.165, 1.54) is 0 Å². The quantitative estimate of drug-likeness (QED) is 0.809. The van der Waals surface area contributed by atoms with Crippen molar-refractivity contribution in [2.45, 2.75) is 39.2 Å². The summed E-state index contributed by atoms with van der Waals surface area (Å²) in [5.41, 5.74) is 1.15. The van der Waals surface area contributed by atoms with Gasteiger partial charge in [0.15, 0.2) is 0 Å². The van der Waals surface area contributed by atoms with Gasteiger partial charge in [0, 0.05) is 16.9 Å². The van der Waals surface area contributed by atoms with Gasteiger partial charge in [-0.15, -0.1) is 0 Å². The fourth-order valence-electron chi connectivity index (χ4n) is 1.90. The molecule has 0 aliphatic rings. The van der Waals surface area contributed by atoms with E-state index >= 15 is 0 Å². The van der Waals surface area contributed by atoms with Crippen LogP contribution in [0.25, 0.3) is 0 Å². The predicted octanol–water partition coefficient (Wildman–Crippen LogP) is 2.90. The third kappa shape index (κ3) is 5.74. The van der Waals surface area contributed by atoms with Gasteiger partial charge in [0.1, 0.15) is 0 Å². The largest absolute Gasteiger partial charge is 0.393 e. The number of hydrogen-bond donors (Lipinski definition) is 2. The van der Waals surface area contributed by atoms with Crippen molar-refractivity contribution in [2.24, 2.45) is 5.92 Å². The monoisotopic (exact) mass is 327 g/mol. The molecule has 0 aromatic heterocycles. The van der Waals surface area contributed by atoms with Crippen molar-refractivity contribution < 1.29 is 9.90 Å². The van der Waals surface area contributed by atoms with Crippen LogP contribution in [-0.2, 0) is 11.2 Å². The van der Waals surface area contributed by atoms with Crippen LogP contribution in [0.5, 0.6) is 0 Å². The maximum Gasteiger partial charge on any atom is 0.223 e. The summed E-state index contributed by atoms with van der Waals surface area (Å²) in [4.78, 5) is 12.1. The van der Waals surface area contributed by atoms with Gasteiger partial charge in [-0.2, -0.15) is 0 Å². The summed E-state index contributed by atoms with van der Waals surface area (Å²) in [6.07, 6.45) is 1.76. The van der Waals surface area contributed by atoms with Crippen molar-refractivity contribution in [1.82, 2.24) is 5.32 Å². The summed E-state index contributed by atoms with van der Waals surface area (Å²) >= 11 is 3.51. The van der Waals surface area contributed by atoms with E-state index in [9.17, 15) is 9.90 Å². The number of amides is 1. The third-order valence-electron chi connectivity index (χ3n) is 3.15. The van der Waals surface area contributed by atoms with Crippen LogP contribution in [0.2, 0.25) is 0 Å². The van der Waals surface area contributed by atoms with Gasteiger partial charge in [-0.1, -0.05) is 41.1 Å². The average Bonchev–Trinajstić information content (AvgIpc) is 2.37. The molecular weight excluding hydrogens is 306 g/mol. The summed E-state index contributed by atoms with van der Waals surface area (Å²) in [7, 11) is 0. The molecule has 0 fully saturated rings. The summed E-state index contributed by atoms with van der Waals surface area (Å²) < 4.78 is 1.05. The number of aliphatic hydroxyl groups is 1. The van der Waals surface area contributed by atoms with Crippen molar-refractivity contribution in [1.29, 1.82) is 0 Å². The Morgan fingerprint density at radius 3 is 2.68 bits per heavy atom. The molecule has 3 nitrogen and oxygen atoms in total. The third-order valence-corrected chi connectivity index (χ3v) is 3.92. The Morgan fingerprint density at radius 2 is 2.11 bits per heavy atom. The van der Waals surface area contributed by atoms with Gasteiger partial charge < -0.3 is 10.4 Å². The first-order valence-corrected chi connectivity index (χ1v) is 7.53. The van der Waals surface area contributed by atoms with Gasteiger partial charge in [0.25, 0.3) is 0 Å². The van der Waals surface area contributed by atoms with E-state index in [2.05, 4.69) is 21.2 Å². The van der Waals surface area contributed by atoms with E-state index in [0.717, 1.165) is 22.9 Å². The van der Waals surface area contributed by atoms with E-state index in [1.807, 2.05) is 31.2 Å². The summed E-state index contributed by atoms with van der Waals surface area (Å²) in [5, 5.41) is 12.1. The number of aliphatic hydroxyl groups excluding tert-OH is 1. The Balaban J connectivity index is 2.53. The first-order chi connectivity index (χ1) is 9.04. The Kier molecular flexibility index (Phi) is 7.10. The lowest BCUT2D eigenvalue weighted by Crippen LogP contribution is -2.33. The molecule has 0 heterocycles. The lowest BCUT2D eigenvalue weighted by Gasteiger charge is -2.16. The fourth-order valence-corrected chi connectivity index (χ4v) is 2.35. The van der Waals surface area contributed by atoms with Crippen LogP contribution >= 0.6 is 15.9 Å². The Labute approximate surface area is 123 Å². The van der Waals surface area contributed by atoms with Crippen molar-refractivity contribution >= 4 is 21.8 Å². The van der Waals surface area contributed by atoms with Crippen LogP contribution in [0.3, 0.4) is 0 Å². The second-order valence-electron chi connectivity index (χ2n) is 4.83. The van der Waals surface area contributed by atoms with Gasteiger partial charge >= 0.3 is 0 Å². The smallest absolute Gasteiger partial charge is 0.223 e. The maximum absolute atomic E-state index is 12.1. The molecule has 106 valence electrons. The van der Waals surface area contributed by atoms with Crippen LogP contribution in [0, 0.1) is 5.92 Å². The van der Waals surface area contributed by atoms with Crippen molar-refractivity contribution in [3.63, 3.8) is 0 Å². The molecule has 4 heteroatoms. The molecule has 1 aromatic rings. The molecule has 1 amide bonds. The molecule has 2 atom stereocenters. The van der Waals surface area contributed by atoms with Crippen LogP contribution < -0.4 is 5.32 Å². The molecule has 0 aliphatic carbocycles. The van der Waals surface area contributed by atoms with Crippen LogP contribution in [0.4, 0.5) is 0 Å². The van der Waals surface area contributed by atoms with Crippen molar-refractivity contribution in [2.75, 3.05) is 6.54 Å². The highest BCUT2D eigenvalue weighted by molar-refractivity contribution is 9.10. The molecule has 0 bridgehead atoms. The molecular formula is C15H22BrNO2. The van der Waals surface area contributed by atoms with Gasteiger partial charge in [-0.25, -0.2) is 0 Å². The minimum absolute atomic E-state index is 0.0206. The topological polar surface area (TPSA) is 49.3 Å². The summed E-state index contributed by atoms with van der Waals surface area (Å²) in [5.74, 6) is 0.0478. The van der Waals surface area contributed by atoms with E-state index in [1.54, 1.807) is 6.92 Å². The molecule has 2 unspecified atom stereocenters. The van der Waals surface area contributed by atoms with Crippen LogP contribution in [0.15, 0.2) is 28.7 Å². The predicted molar refractivity (Wildman–Crippen MR) is 80.9 cm³/mol. The first-order valence-electron chi connectivity index (χ1n) is 6.73. The highest BCUT2D eigenvalue weighted by atomic mass is 79.9. The zero-order chi connectivity index (χ0) is 14.3. The fraction of sp³-hybridized carbons (Fsp3) is 0.533. The number of carbonyl (C=O) groups is 1. The van der Waals surface area contributed by atoms with E-state index in [-0.39, 0.29) is 17.9 Å². The lowest BCUT2D eigenvalue weighted by atomic mass is 9.96. The second-order valence-corrected chi connectivity index (χ2v) is 5.68. The van der Waals surface area contributed by atoms with Crippen molar-refractivity contribution in [3.05, 3.63) is 34.3 Å². The van der Waals surface area contributed by atoms with Crippen LogP contribution in [0.1, 0.15) is 32.3 Å². The number of rotatable bonds is 7. The van der Waals surface area contributed by atoms with Crippen molar-refractivity contribution in [3.8, 4) is 0 Å². The lowest BCUT2D eigenvalue weighted by molar-refractivity contribution is -0.125. The molecule has 2 N–H and O–H groups in total. The number of benzene rings is 1. The van der Waals surface area contributed by atoms with Gasteiger partial charge in [-0.05, 0) is 37.8 Å². The molecule has 0 saturated carbocycles. The SMILES string of the molecule is CCC(Cc1ccccc1Br)C(=O)NCCC(C)O. The minimum atomic E-state index is -0.372. The van der Waals surface area contributed by atoms with E-state index < -0.39 is 0 Å². The standard InChI is InChI=1S/C15H22BrNO2/c1-3-12(15(19)17-9-8-11(2)18)10-13-6-4-5-7-14(13)16/h4-7,11-12,18H,3,8-10H2,1-2H3,(H,17,19). The number of carbonyl (C=O) groups excluding carboxylic acids is 1. The number of halogens is 1. The van der Waals surface area contributed by atoms with E-state index in [4.69, 9.17) is 0 Å². The number of nitrogens with one attached hydrogen (secondary N) is 1. The molecule has 0 aliphatic heterocycles. The Hall–Kier alpha value is -0.870. The zero-order valence-corrected chi connectivity index (χ0v) is 13.1. The highest BCUT2D eigenvalue weighted by Crippen LogP contribution is 2.21. The second kappa shape index (κ2) is 8.33. The minimum Gasteiger partial charge on any atom is -0.393 e. The normalized spacial score (nSPS) is 13.9. The Morgan fingerprint density at radius 1 is 1.42 bits per heavy atom.